The second-order valence-corrected chi connectivity index (χ2v) is 4.93. The minimum Gasteiger partial charge on any atom is -0.504 e. The predicted molar refractivity (Wildman–Crippen MR) is 84.9 cm³/mol. The summed E-state index contributed by atoms with van der Waals surface area (Å²) in [6.07, 6.45) is 3.95. The third-order valence-corrected chi connectivity index (χ3v) is 3.35. The Balaban J connectivity index is 2.36. The molecule has 0 aliphatic carbocycles. The van der Waals surface area contributed by atoms with Crippen molar-refractivity contribution in [3.8, 4) is 11.5 Å². The van der Waals surface area contributed by atoms with Crippen LogP contribution in [-0.2, 0) is 14.1 Å². The summed E-state index contributed by atoms with van der Waals surface area (Å²) in [5.74, 6) is -0.249. The molecule has 0 saturated carbocycles. The van der Waals surface area contributed by atoms with E-state index in [0.29, 0.717) is 5.56 Å². The van der Waals surface area contributed by atoms with Gasteiger partial charge in [-0.05, 0) is 30.4 Å². The second kappa shape index (κ2) is 6.35. The molecule has 23 heavy (non-hydrogen) atoms. The van der Waals surface area contributed by atoms with Gasteiger partial charge < -0.3 is 14.4 Å². The number of aryl methyl sites for hydroxylation is 1. The van der Waals surface area contributed by atoms with E-state index >= 15 is 0 Å². The van der Waals surface area contributed by atoms with E-state index in [-0.39, 0.29) is 22.8 Å². The van der Waals surface area contributed by atoms with Crippen molar-refractivity contribution in [2.45, 2.75) is 0 Å². The number of phenolic OH excluding ortho intramolecular Hbond substituents is 1. The van der Waals surface area contributed by atoms with Crippen LogP contribution in [0.2, 0.25) is 0 Å². The van der Waals surface area contributed by atoms with E-state index < -0.39 is 11.2 Å². The predicted octanol–water partition coefficient (Wildman–Crippen LogP) is 0.694. The van der Waals surface area contributed by atoms with Gasteiger partial charge in [0.2, 0.25) is 0 Å². The van der Waals surface area contributed by atoms with Gasteiger partial charge in [0.25, 0.3) is 5.56 Å². The molecule has 1 aromatic heterocycles. The lowest BCUT2D eigenvalue weighted by atomic mass is 10.1. The molecule has 120 valence electrons. The van der Waals surface area contributed by atoms with Crippen LogP contribution in [0.4, 0.5) is 0 Å². The van der Waals surface area contributed by atoms with Crippen molar-refractivity contribution in [3.63, 3.8) is 0 Å². The minimum absolute atomic E-state index is 0.0695. The SMILES string of the molecule is COc1cc(C(=O)/C=C/c2cn(C)c(=O)n(C)c2=O)ccc1O. The van der Waals surface area contributed by atoms with Crippen LogP contribution in [0.1, 0.15) is 15.9 Å². The molecular weight excluding hydrogens is 300 g/mol. The first-order chi connectivity index (χ1) is 10.8. The maximum Gasteiger partial charge on any atom is 0.330 e. The number of hydrogen-bond donors (Lipinski definition) is 1. The molecule has 0 bridgehead atoms. The quantitative estimate of drug-likeness (QED) is 0.662. The maximum atomic E-state index is 12.1. The lowest BCUT2D eigenvalue weighted by Gasteiger charge is -2.05. The number of carbonyl (C=O) groups excluding carboxylic acids is 1. The molecule has 0 fully saturated rings. The summed E-state index contributed by atoms with van der Waals surface area (Å²) in [6, 6.07) is 4.20. The van der Waals surface area contributed by atoms with Crippen LogP contribution in [0, 0.1) is 0 Å². The highest BCUT2D eigenvalue weighted by molar-refractivity contribution is 6.07. The number of hydrogen-bond acceptors (Lipinski definition) is 5. The Hall–Kier alpha value is -3.09. The number of nitrogens with zero attached hydrogens (tertiary/aromatic N) is 2. The molecule has 0 radical (unpaired) electrons. The molecule has 7 heteroatoms. The molecule has 2 aromatic rings. The van der Waals surface area contributed by atoms with Gasteiger partial charge in [-0.3, -0.25) is 14.2 Å². The third kappa shape index (κ3) is 3.23. The highest BCUT2D eigenvalue weighted by Crippen LogP contribution is 2.26. The fourth-order valence-corrected chi connectivity index (χ4v) is 2.04. The fourth-order valence-electron chi connectivity index (χ4n) is 2.04. The summed E-state index contributed by atoms with van der Waals surface area (Å²) >= 11 is 0. The number of ether oxygens (including phenoxy) is 1. The standard InChI is InChI=1S/C16H16N2O5/c1-17-9-11(15(21)18(2)16(17)22)5-6-12(19)10-4-7-13(20)14(8-10)23-3/h4-9,20H,1-3H3/b6-5+. The van der Waals surface area contributed by atoms with Crippen molar-refractivity contribution < 1.29 is 14.6 Å². The van der Waals surface area contributed by atoms with Crippen molar-refractivity contribution in [1.29, 1.82) is 0 Å². The number of benzene rings is 1. The van der Waals surface area contributed by atoms with Crippen LogP contribution in [0.25, 0.3) is 6.08 Å². The van der Waals surface area contributed by atoms with Crippen molar-refractivity contribution in [2.75, 3.05) is 7.11 Å². The van der Waals surface area contributed by atoms with Gasteiger partial charge >= 0.3 is 5.69 Å². The summed E-state index contributed by atoms with van der Waals surface area (Å²) < 4.78 is 7.17. The number of aromatic nitrogens is 2. The van der Waals surface area contributed by atoms with Crippen LogP contribution in [-0.4, -0.2) is 27.1 Å². The Morgan fingerprint density at radius 3 is 2.61 bits per heavy atom. The number of rotatable bonds is 4. The van der Waals surface area contributed by atoms with Crippen LogP contribution >= 0.6 is 0 Å². The average Bonchev–Trinajstić information content (AvgIpc) is 2.55. The van der Waals surface area contributed by atoms with E-state index in [1.807, 2.05) is 0 Å². The highest BCUT2D eigenvalue weighted by Gasteiger charge is 2.08. The van der Waals surface area contributed by atoms with Gasteiger partial charge in [0, 0.05) is 25.9 Å². The maximum absolute atomic E-state index is 12.1. The first kappa shape index (κ1) is 16.3. The zero-order valence-electron chi connectivity index (χ0n) is 12.9. The van der Waals surface area contributed by atoms with E-state index in [1.165, 1.54) is 62.3 Å². The number of allylic oxidation sites excluding steroid dienone is 1. The van der Waals surface area contributed by atoms with Crippen LogP contribution in [0.3, 0.4) is 0 Å². The van der Waals surface area contributed by atoms with Crippen LogP contribution in [0.15, 0.2) is 40.1 Å². The summed E-state index contributed by atoms with van der Waals surface area (Å²) in [5, 5.41) is 9.52. The van der Waals surface area contributed by atoms with Gasteiger partial charge in [-0.1, -0.05) is 0 Å². The van der Waals surface area contributed by atoms with Crippen molar-refractivity contribution >= 4 is 11.9 Å². The first-order valence-electron chi connectivity index (χ1n) is 6.71. The average molecular weight is 316 g/mol. The molecule has 1 heterocycles. The molecule has 0 spiro atoms. The smallest absolute Gasteiger partial charge is 0.330 e. The molecule has 0 atom stereocenters. The Kier molecular flexibility index (Phi) is 4.49. The number of carbonyl (C=O) groups is 1. The molecule has 0 unspecified atom stereocenters. The van der Waals surface area contributed by atoms with Gasteiger partial charge in [-0.15, -0.1) is 0 Å². The van der Waals surface area contributed by atoms with E-state index in [1.54, 1.807) is 0 Å². The van der Waals surface area contributed by atoms with Crippen molar-refractivity contribution in [1.82, 2.24) is 9.13 Å². The van der Waals surface area contributed by atoms with Crippen molar-refractivity contribution in [2.24, 2.45) is 14.1 Å². The Morgan fingerprint density at radius 2 is 1.96 bits per heavy atom. The number of methoxy groups -OCH3 is 1. The topological polar surface area (TPSA) is 90.5 Å². The Morgan fingerprint density at radius 1 is 1.26 bits per heavy atom. The summed E-state index contributed by atoms with van der Waals surface area (Å²) in [4.78, 5) is 35.7. The summed E-state index contributed by atoms with van der Waals surface area (Å²) in [5.41, 5.74) is -0.409. The molecule has 1 N–H and O–H groups in total. The zero-order valence-corrected chi connectivity index (χ0v) is 12.9. The largest absolute Gasteiger partial charge is 0.504 e. The minimum atomic E-state index is -0.486. The highest BCUT2D eigenvalue weighted by atomic mass is 16.5. The molecular formula is C16H16N2O5. The van der Waals surface area contributed by atoms with Gasteiger partial charge in [-0.2, -0.15) is 0 Å². The van der Waals surface area contributed by atoms with Gasteiger partial charge in [0.1, 0.15) is 0 Å². The number of phenols is 1. The normalized spacial score (nSPS) is 10.9. The van der Waals surface area contributed by atoms with Crippen LogP contribution in [0.5, 0.6) is 11.5 Å². The van der Waals surface area contributed by atoms with E-state index in [2.05, 4.69) is 0 Å². The van der Waals surface area contributed by atoms with Gasteiger partial charge in [0.05, 0.1) is 12.7 Å². The molecule has 0 aliphatic heterocycles. The lowest BCUT2D eigenvalue weighted by molar-refractivity contribution is 0.104. The molecule has 7 nitrogen and oxygen atoms in total. The zero-order chi connectivity index (χ0) is 17.1. The van der Waals surface area contributed by atoms with Crippen molar-refractivity contribution in [3.05, 3.63) is 62.4 Å². The molecule has 1 aromatic carbocycles. The Bertz CT molecular complexity index is 906. The molecule has 0 amide bonds. The molecule has 0 aliphatic rings. The van der Waals surface area contributed by atoms with E-state index in [0.717, 1.165) is 4.57 Å². The summed E-state index contributed by atoms with van der Waals surface area (Å²) in [6.45, 7) is 0. The first-order valence-corrected chi connectivity index (χ1v) is 6.71. The monoisotopic (exact) mass is 316 g/mol. The van der Waals surface area contributed by atoms with E-state index in [9.17, 15) is 19.5 Å². The third-order valence-electron chi connectivity index (χ3n) is 3.35. The fraction of sp³-hybridized carbons (Fsp3) is 0.188. The van der Waals surface area contributed by atoms with Gasteiger partial charge in [-0.25, -0.2) is 4.79 Å². The van der Waals surface area contributed by atoms with E-state index in [4.69, 9.17) is 4.74 Å². The lowest BCUT2D eigenvalue weighted by Crippen LogP contribution is -2.37. The molecule has 0 saturated heterocycles. The summed E-state index contributed by atoms with van der Waals surface area (Å²) in [7, 11) is 4.27. The second-order valence-electron chi connectivity index (χ2n) is 4.93. The Labute approximate surface area is 131 Å². The van der Waals surface area contributed by atoms with Crippen LogP contribution < -0.4 is 16.0 Å². The number of aromatic hydroxyl groups is 1. The number of ketones is 1. The molecule has 2 rings (SSSR count). The van der Waals surface area contributed by atoms with Gasteiger partial charge in [0.15, 0.2) is 17.3 Å².